The highest BCUT2D eigenvalue weighted by Crippen LogP contribution is 2.20. The molecule has 3 rings (SSSR count). The second-order valence-corrected chi connectivity index (χ2v) is 7.66. The zero-order valence-electron chi connectivity index (χ0n) is 15.0. The van der Waals surface area contributed by atoms with Crippen molar-refractivity contribution in [2.24, 2.45) is 0 Å². The Bertz CT molecular complexity index is 1130. The van der Waals surface area contributed by atoms with E-state index in [1.807, 2.05) is 6.07 Å². The summed E-state index contributed by atoms with van der Waals surface area (Å²) in [5.74, 6) is -0.318. The third-order valence-corrected chi connectivity index (χ3v) is 5.29. The molecule has 0 saturated carbocycles. The van der Waals surface area contributed by atoms with Crippen LogP contribution in [0.25, 0.3) is 0 Å². The molecular weight excluding hydrogens is 396 g/mol. The smallest absolute Gasteiger partial charge is 0.270 e. The molecule has 1 aromatic heterocycles. The number of aromatic nitrogens is 1. The maximum absolute atomic E-state index is 12.4. The maximum atomic E-state index is 12.4. The van der Waals surface area contributed by atoms with Gasteiger partial charge in [-0.1, -0.05) is 12.1 Å². The third kappa shape index (κ3) is 5.14. The van der Waals surface area contributed by atoms with Crippen LogP contribution >= 0.6 is 0 Å². The molecule has 0 aliphatic rings. The summed E-state index contributed by atoms with van der Waals surface area (Å²) in [7, 11) is -4.01. The molecule has 0 radical (unpaired) electrons. The van der Waals surface area contributed by atoms with Crippen molar-refractivity contribution in [1.82, 2.24) is 10.3 Å². The molecular formula is C19H16N4O5S. The summed E-state index contributed by atoms with van der Waals surface area (Å²) >= 11 is 0. The Kier molecular flexibility index (Phi) is 5.84. The molecule has 1 heterocycles. The predicted octanol–water partition coefficient (Wildman–Crippen LogP) is 2.72. The molecule has 0 saturated heterocycles. The Labute approximate surface area is 166 Å². The van der Waals surface area contributed by atoms with Gasteiger partial charge in [0, 0.05) is 42.3 Å². The van der Waals surface area contributed by atoms with Gasteiger partial charge in [-0.15, -0.1) is 0 Å². The summed E-state index contributed by atoms with van der Waals surface area (Å²) in [6.45, 7) is 0.313. The lowest BCUT2D eigenvalue weighted by atomic mass is 10.2. The molecule has 2 N–H and O–H groups in total. The van der Waals surface area contributed by atoms with Gasteiger partial charge in [-0.05, 0) is 42.0 Å². The van der Waals surface area contributed by atoms with Gasteiger partial charge in [0.2, 0.25) is 0 Å². The van der Waals surface area contributed by atoms with E-state index in [2.05, 4.69) is 15.0 Å². The Morgan fingerprint density at radius 3 is 2.48 bits per heavy atom. The van der Waals surface area contributed by atoms with Crippen molar-refractivity contribution in [3.8, 4) is 0 Å². The van der Waals surface area contributed by atoms with Crippen molar-refractivity contribution in [3.05, 3.63) is 94.3 Å². The minimum Gasteiger partial charge on any atom is -0.348 e. The van der Waals surface area contributed by atoms with E-state index < -0.39 is 14.9 Å². The van der Waals surface area contributed by atoms with E-state index in [0.717, 1.165) is 11.6 Å². The SMILES string of the molecule is O=C(NCc1cccnc1)c1ccc(NS(=O)(=O)c2cccc([N+](=O)[O-])c2)cc1. The molecule has 0 bridgehead atoms. The van der Waals surface area contributed by atoms with Gasteiger partial charge in [0.05, 0.1) is 9.82 Å². The number of anilines is 1. The number of amides is 1. The standard InChI is InChI=1S/C19H16N4O5S/c24-19(21-13-14-3-2-10-20-12-14)15-6-8-16(9-7-15)22-29(27,28)18-5-1-4-17(11-18)23(25)26/h1-12,22H,13H2,(H,21,24). The van der Waals surface area contributed by atoms with E-state index in [9.17, 15) is 23.3 Å². The van der Waals surface area contributed by atoms with Crippen LogP contribution in [0.15, 0.2) is 78.0 Å². The van der Waals surface area contributed by atoms with Gasteiger partial charge in [0.1, 0.15) is 0 Å². The van der Waals surface area contributed by atoms with E-state index in [0.29, 0.717) is 12.1 Å². The Hall–Kier alpha value is -3.79. The van der Waals surface area contributed by atoms with Gasteiger partial charge in [-0.3, -0.25) is 24.6 Å². The molecule has 148 valence electrons. The zero-order valence-corrected chi connectivity index (χ0v) is 15.8. The van der Waals surface area contributed by atoms with Crippen LogP contribution in [0.5, 0.6) is 0 Å². The molecule has 9 nitrogen and oxygen atoms in total. The van der Waals surface area contributed by atoms with Crippen LogP contribution in [-0.4, -0.2) is 24.2 Å². The van der Waals surface area contributed by atoms with Crippen molar-refractivity contribution in [3.63, 3.8) is 0 Å². The summed E-state index contributed by atoms with van der Waals surface area (Å²) in [5, 5.41) is 13.6. The van der Waals surface area contributed by atoms with Gasteiger partial charge in [-0.25, -0.2) is 8.42 Å². The van der Waals surface area contributed by atoms with Gasteiger partial charge in [0.15, 0.2) is 0 Å². The van der Waals surface area contributed by atoms with E-state index in [4.69, 9.17) is 0 Å². The Morgan fingerprint density at radius 2 is 1.83 bits per heavy atom. The minimum absolute atomic E-state index is 0.223. The molecule has 1 amide bonds. The van der Waals surface area contributed by atoms with Crippen molar-refractivity contribution < 1.29 is 18.1 Å². The fourth-order valence-electron chi connectivity index (χ4n) is 2.46. The van der Waals surface area contributed by atoms with Crippen molar-refractivity contribution >= 4 is 27.3 Å². The molecule has 3 aromatic rings. The first-order valence-corrected chi connectivity index (χ1v) is 9.88. The molecule has 2 aromatic carbocycles. The predicted molar refractivity (Wildman–Crippen MR) is 106 cm³/mol. The molecule has 10 heteroatoms. The van der Waals surface area contributed by atoms with Crippen molar-refractivity contribution in [2.45, 2.75) is 11.4 Å². The van der Waals surface area contributed by atoms with Crippen molar-refractivity contribution in [1.29, 1.82) is 0 Å². The van der Waals surface area contributed by atoms with E-state index in [-0.39, 0.29) is 22.2 Å². The lowest BCUT2D eigenvalue weighted by Gasteiger charge is -2.09. The number of nitrogens with zero attached hydrogens (tertiary/aromatic N) is 2. The first kappa shape index (κ1) is 20.0. The second kappa shape index (κ2) is 8.48. The second-order valence-electron chi connectivity index (χ2n) is 5.98. The largest absolute Gasteiger partial charge is 0.348 e. The topological polar surface area (TPSA) is 131 Å². The molecule has 29 heavy (non-hydrogen) atoms. The molecule has 0 unspecified atom stereocenters. The monoisotopic (exact) mass is 412 g/mol. The number of sulfonamides is 1. The highest BCUT2D eigenvalue weighted by molar-refractivity contribution is 7.92. The van der Waals surface area contributed by atoms with Crippen molar-refractivity contribution in [2.75, 3.05) is 4.72 Å². The average Bonchev–Trinajstić information content (AvgIpc) is 2.73. The number of nitro benzene ring substituents is 1. The molecule has 0 fully saturated rings. The average molecular weight is 412 g/mol. The van der Waals surface area contributed by atoms with E-state index in [1.165, 1.54) is 42.5 Å². The fraction of sp³-hybridized carbons (Fsp3) is 0.0526. The van der Waals surface area contributed by atoms with Crippen LogP contribution in [-0.2, 0) is 16.6 Å². The lowest BCUT2D eigenvalue weighted by molar-refractivity contribution is -0.385. The first-order valence-electron chi connectivity index (χ1n) is 8.39. The molecule has 0 spiro atoms. The van der Waals surface area contributed by atoms with Crippen LogP contribution in [0, 0.1) is 10.1 Å². The minimum atomic E-state index is -4.01. The number of hydrogen-bond acceptors (Lipinski definition) is 6. The third-order valence-electron chi connectivity index (χ3n) is 3.91. The number of rotatable bonds is 7. The summed E-state index contributed by atoms with van der Waals surface area (Å²) in [6.07, 6.45) is 3.28. The number of non-ortho nitro benzene ring substituents is 1. The van der Waals surface area contributed by atoms with Gasteiger partial charge in [-0.2, -0.15) is 0 Å². The van der Waals surface area contributed by atoms with E-state index >= 15 is 0 Å². The van der Waals surface area contributed by atoms with Gasteiger partial charge < -0.3 is 5.32 Å². The number of carbonyl (C=O) groups excluding carboxylic acids is 1. The molecule has 0 aliphatic heterocycles. The molecule has 0 aliphatic carbocycles. The number of nitrogens with one attached hydrogen (secondary N) is 2. The lowest BCUT2D eigenvalue weighted by Crippen LogP contribution is -2.22. The quantitative estimate of drug-likeness (QED) is 0.453. The summed E-state index contributed by atoms with van der Waals surface area (Å²) < 4.78 is 27.2. The Morgan fingerprint density at radius 1 is 1.07 bits per heavy atom. The summed E-state index contributed by atoms with van der Waals surface area (Å²) in [6, 6.07) is 14.2. The Balaban J connectivity index is 1.67. The highest BCUT2D eigenvalue weighted by Gasteiger charge is 2.18. The first-order chi connectivity index (χ1) is 13.8. The van der Waals surface area contributed by atoms with E-state index in [1.54, 1.807) is 18.5 Å². The number of benzene rings is 2. The maximum Gasteiger partial charge on any atom is 0.270 e. The van der Waals surface area contributed by atoms with Crippen LogP contribution in [0.4, 0.5) is 11.4 Å². The van der Waals surface area contributed by atoms with Crippen LogP contribution in [0.1, 0.15) is 15.9 Å². The molecule has 0 atom stereocenters. The normalized spacial score (nSPS) is 10.9. The summed E-state index contributed by atoms with van der Waals surface area (Å²) in [5.41, 5.74) is 1.10. The fourth-order valence-corrected chi connectivity index (χ4v) is 3.55. The highest BCUT2D eigenvalue weighted by atomic mass is 32.2. The number of carbonyl (C=O) groups is 1. The van der Waals surface area contributed by atoms with Crippen LogP contribution in [0.3, 0.4) is 0 Å². The number of nitro groups is 1. The number of pyridine rings is 1. The summed E-state index contributed by atoms with van der Waals surface area (Å²) in [4.78, 5) is 26.1. The van der Waals surface area contributed by atoms with Crippen LogP contribution < -0.4 is 10.0 Å². The van der Waals surface area contributed by atoms with Gasteiger partial charge in [0.25, 0.3) is 21.6 Å². The van der Waals surface area contributed by atoms with Gasteiger partial charge >= 0.3 is 0 Å². The number of hydrogen-bond donors (Lipinski definition) is 2. The van der Waals surface area contributed by atoms with Crippen LogP contribution in [0.2, 0.25) is 0 Å². The zero-order chi connectivity index (χ0) is 20.9.